The van der Waals surface area contributed by atoms with Crippen molar-refractivity contribution in [3.05, 3.63) is 53.9 Å². The van der Waals surface area contributed by atoms with Crippen molar-refractivity contribution < 1.29 is 17.6 Å². The van der Waals surface area contributed by atoms with Crippen LogP contribution < -0.4 is 5.32 Å². The van der Waals surface area contributed by atoms with Gasteiger partial charge in [0.2, 0.25) is 0 Å². The summed E-state index contributed by atoms with van der Waals surface area (Å²) in [5, 5.41) is 3.41. The van der Waals surface area contributed by atoms with E-state index in [1.807, 2.05) is 0 Å². The van der Waals surface area contributed by atoms with E-state index in [0.29, 0.717) is 22.3 Å². The molecular formula is C17H15F4N3. The molecule has 126 valence electrons. The lowest BCUT2D eigenvalue weighted by molar-refractivity contribution is 0.00510. The predicted octanol–water partition coefficient (Wildman–Crippen LogP) is 5.02. The molecule has 0 radical (unpaired) electrons. The Bertz CT molecular complexity index is 873. The average molecular weight is 337 g/mol. The van der Waals surface area contributed by atoms with Gasteiger partial charge in [-0.15, -0.1) is 0 Å². The Morgan fingerprint density at radius 3 is 2.62 bits per heavy atom. The molecule has 24 heavy (non-hydrogen) atoms. The molecule has 3 nitrogen and oxygen atoms in total. The summed E-state index contributed by atoms with van der Waals surface area (Å²) >= 11 is 0. The molecule has 0 spiro atoms. The second kappa shape index (κ2) is 5.81. The van der Waals surface area contributed by atoms with E-state index in [1.165, 1.54) is 23.0 Å². The van der Waals surface area contributed by atoms with E-state index in [9.17, 15) is 17.6 Å². The van der Waals surface area contributed by atoms with Crippen molar-refractivity contribution in [2.24, 2.45) is 0 Å². The van der Waals surface area contributed by atoms with E-state index < -0.39 is 24.1 Å². The molecule has 0 amide bonds. The first kappa shape index (κ1) is 16.3. The molecule has 1 N–H and O–H groups in total. The monoisotopic (exact) mass is 337 g/mol. The fourth-order valence-corrected chi connectivity index (χ4v) is 2.64. The number of hydrogen-bond donors (Lipinski definition) is 1. The van der Waals surface area contributed by atoms with Gasteiger partial charge in [-0.05, 0) is 30.7 Å². The highest BCUT2D eigenvalue weighted by Crippen LogP contribution is 2.30. The number of anilines is 2. The van der Waals surface area contributed by atoms with Crippen molar-refractivity contribution in [2.45, 2.75) is 26.3 Å². The minimum Gasteiger partial charge on any atom is -0.341 e. The molecule has 0 bridgehead atoms. The lowest BCUT2D eigenvalue weighted by Crippen LogP contribution is -2.18. The zero-order valence-corrected chi connectivity index (χ0v) is 13.1. The van der Waals surface area contributed by atoms with Gasteiger partial charge in [0.1, 0.15) is 17.5 Å². The predicted molar refractivity (Wildman–Crippen MR) is 84.7 cm³/mol. The number of nitrogens with zero attached hydrogens (tertiary/aromatic N) is 2. The van der Waals surface area contributed by atoms with Gasteiger partial charge in [-0.3, -0.25) is 0 Å². The normalized spacial score (nSPS) is 11.9. The molecule has 0 fully saturated rings. The number of fused-ring (bicyclic) bond motifs is 1. The Morgan fingerprint density at radius 2 is 1.96 bits per heavy atom. The van der Waals surface area contributed by atoms with Gasteiger partial charge in [0.25, 0.3) is 5.92 Å². The topological polar surface area (TPSA) is 29.9 Å². The third kappa shape index (κ3) is 3.20. The summed E-state index contributed by atoms with van der Waals surface area (Å²) in [4.78, 5) is 4.14. The number of pyridine rings is 1. The fraction of sp³-hybridized carbons (Fsp3) is 0.235. The van der Waals surface area contributed by atoms with Gasteiger partial charge in [0, 0.05) is 30.8 Å². The molecular weight excluding hydrogens is 322 g/mol. The highest BCUT2D eigenvalue weighted by atomic mass is 19.3. The van der Waals surface area contributed by atoms with Crippen molar-refractivity contribution in [2.75, 3.05) is 5.32 Å². The largest absolute Gasteiger partial charge is 0.341 e. The highest BCUT2D eigenvalue weighted by molar-refractivity contribution is 5.92. The summed E-state index contributed by atoms with van der Waals surface area (Å²) in [5.74, 6) is -3.95. The summed E-state index contributed by atoms with van der Waals surface area (Å²) in [6.07, 6.45) is 2.98. The van der Waals surface area contributed by atoms with Crippen LogP contribution in [0, 0.1) is 18.6 Å². The summed E-state index contributed by atoms with van der Waals surface area (Å²) in [6, 6.07) is 5.22. The molecule has 0 aliphatic heterocycles. The van der Waals surface area contributed by atoms with Crippen LogP contribution in [0.1, 0.15) is 12.5 Å². The van der Waals surface area contributed by atoms with E-state index in [0.717, 1.165) is 13.0 Å². The van der Waals surface area contributed by atoms with Crippen LogP contribution in [0.25, 0.3) is 10.9 Å². The molecule has 0 saturated heterocycles. The quantitative estimate of drug-likeness (QED) is 0.677. The second-order valence-corrected chi connectivity index (χ2v) is 5.81. The summed E-state index contributed by atoms with van der Waals surface area (Å²) in [6.45, 7) is 1.94. The van der Waals surface area contributed by atoms with Gasteiger partial charge in [-0.25, -0.2) is 22.5 Å². The summed E-state index contributed by atoms with van der Waals surface area (Å²) < 4.78 is 55.1. The number of nitrogens with one attached hydrogen (secondary N) is 1. The van der Waals surface area contributed by atoms with Crippen LogP contribution in [-0.2, 0) is 6.54 Å². The van der Waals surface area contributed by atoms with Crippen LogP contribution in [0.4, 0.5) is 29.1 Å². The molecule has 3 rings (SSSR count). The highest BCUT2D eigenvalue weighted by Gasteiger charge is 2.23. The van der Waals surface area contributed by atoms with E-state index in [1.54, 1.807) is 19.1 Å². The van der Waals surface area contributed by atoms with Gasteiger partial charge < -0.3 is 9.88 Å². The number of rotatable bonds is 4. The average Bonchev–Trinajstić information content (AvgIpc) is 2.85. The van der Waals surface area contributed by atoms with Crippen LogP contribution in [0.15, 0.2) is 36.7 Å². The van der Waals surface area contributed by atoms with Gasteiger partial charge in [0.05, 0.1) is 17.7 Å². The molecule has 0 unspecified atom stereocenters. The Labute approximate surface area is 135 Å². The smallest absolute Gasteiger partial charge is 0.262 e. The Balaban J connectivity index is 2.03. The van der Waals surface area contributed by atoms with Gasteiger partial charge >= 0.3 is 0 Å². The molecule has 2 aromatic heterocycles. The first-order valence-electron chi connectivity index (χ1n) is 7.29. The van der Waals surface area contributed by atoms with Crippen LogP contribution in [0.5, 0.6) is 0 Å². The Morgan fingerprint density at radius 1 is 1.21 bits per heavy atom. The van der Waals surface area contributed by atoms with E-state index >= 15 is 0 Å². The molecule has 0 saturated carbocycles. The third-order valence-electron chi connectivity index (χ3n) is 3.64. The Hall–Kier alpha value is -2.57. The SMILES string of the molecule is Cc1cc(F)cc(F)c1Nc1nccc2c1ccn2CC(C)(F)F. The van der Waals surface area contributed by atoms with Gasteiger partial charge in [-0.1, -0.05) is 0 Å². The van der Waals surface area contributed by atoms with Crippen LogP contribution in [-0.4, -0.2) is 15.5 Å². The second-order valence-electron chi connectivity index (χ2n) is 5.81. The van der Waals surface area contributed by atoms with Crippen molar-refractivity contribution in [1.29, 1.82) is 0 Å². The maximum Gasteiger partial charge on any atom is 0.262 e. The maximum atomic E-state index is 14.0. The first-order valence-corrected chi connectivity index (χ1v) is 7.29. The zero-order chi connectivity index (χ0) is 17.5. The molecule has 0 aliphatic carbocycles. The minimum absolute atomic E-state index is 0.102. The molecule has 7 heteroatoms. The van der Waals surface area contributed by atoms with Crippen molar-refractivity contribution >= 4 is 22.4 Å². The molecule has 0 aliphatic rings. The number of aromatic nitrogens is 2. The third-order valence-corrected chi connectivity index (χ3v) is 3.64. The summed E-state index contributed by atoms with van der Waals surface area (Å²) in [5.41, 5.74) is 1.03. The first-order chi connectivity index (χ1) is 11.2. The van der Waals surface area contributed by atoms with Crippen LogP contribution >= 0.6 is 0 Å². The molecule has 2 heterocycles. The fourth-order valence-electron chi connectivity index (χ4n) is 2.64. The molecule has 0 atom stereocenters. The van der Waals surface area contributed by atoms with Crippen molar-refractivity contribution in [1.82, 2.24) is 9.55 Å². The number of aryl methyl sites for hydroxylation is 1. The molecule has 1 aromatic carbocycles. The van der Waals surface area contributed by atoms with Crippen molar-refractivity contribution in [3.8, 4) is 0 Å². The number of benzene rings is 1. The van der Waals surface area contributed by atoms with E-state index in [2.05, 4.69) is 10.3 Å². The standard InChI is InChI=1S/C17H15F4N3/c1-10-7-11(18)8-13(19)15(10)23-16-12-4-6-24(9-17(2,20)21)14(12)3-5-22-16/h3-8H,9H2,1-2H3,(H,22,23). The van der Waals surface area contributed by atoms with Crippen LogP contribution in [0.2, 0.25) is 0 Å². The number of halogens is 4. The van der Waals surface area contributed by atoms with Gasteiger partial charge in [0.15, 0.2) is 0 Å². The molecule has 3 aromatic rings. The zero-order valence-electron chi connectivity index (χ0n) is 13.1. The summed E-state index contributed by atoms with van der Waals surface area (Å²) in [7, 11) is 0. The lowest BCUT2D eigenvalue weighted by Gasteiger charge is -2.14. The van der Waals surface area contributed by atoms with E-state index in [-0.39, 0.29) is 5.69 Å². The van der Waals surface area contributed by atoms with E-state index in [4.69, 9.17) is 0 Å². The maximum absolute atomic E-state index is 14.0. The number of hydrogen-bond acceptors (Lipinski definition) is 2. The van der Waals surface area contributed by atoms with Gasteiger partial charge in [-0.2, -0.15) is 0 Å². The van der Waals surface area contributed by atoms with Crippen molar-refractivity contribution in [3.63, 3.8) is 0 Å². The Kier molecular flexibility index (Phi) is 3.95. The van der Waals surface area contributed by atoms with Crippen LogP contribution in [0.3, 0.4) is 0 Å². The lowest BCUT2D eigenvalue weighted by atomic mass is 10.2. The minimum atomic E-state index is -2.86. The number of alkyl halides is 2.